The molecule has 1 aliphatic rings. The monoisotopic (exact) mass is 1050 g/mol. The molecule has 6 unspecified atom stereocenters. The van der Waals surface area contributed by atoms with E-state index in [4.69, 9.17) is 23.7 Å². The van der Waals surface area contributed by atoms with E-state index in [2.05, 4.69) is 118 Å². The lowest BCUT2D eigenvalue weighted by Gasteiger charge is -2.40. The molecule has 1 saturated heterocycles. The maximum atomic E-state index is 13.1. The summed E-state index contributed by atoms with van der Waals surface area (Å²) in [6.45, 7) is 5.64. The van der Waals surface area contributed by atoms with Crippen LogP contribution in [-0.4, -0.2) is 89.2 Å². The molecule has 0 spiro atoms. The second kappa shape index (κ2) is 50.0. The number of aliphatic hydroxyl groups is 2. The first kappa shape index (κ1) is 68.1. The van der Waals surface area contributed by atoms with Gasteiger partial charge in [-0.1, -0.05) is 194 Å². The van der Waals surface area contributed by atoms with Crippen molar-refractivity contribution in [2.75, 3.05) is 13.2 Å². The minimum absolute atomic E-state index is 0.109. The van der Waals surface area contributed by atoms with Crippen molar-refractivity contribution in [1.82, 2.24) is 0 Å². The molecule has 12 nitrogen and oxygen atoms in total. The lowest BCUT2D eigenvalue weighted by molar-refractivity contribution is -0.301. The van der Waals surface area contributed by atoms with E-state index in [9.17, 15) is 34.5 Å². The Morgan fingerprint density at radius 1 is 0.467 bits per heavy atom. The molecule has 0 amide bonds. The molecule has 0 aromatic heterocycles. The third-order valence-electron chi connectivity index (χ3n) is 12.0. The number of hydrogen-bond donors (Lipinski definition) is 3. The summed E-state index contributed by atoms with van der Waals surface area (Å²) in [7, 11) is 0. The van der Waals surface area contributed by atoms with Crippen molar-refractivity contribution >= 4 is 23.9 Å². The van der Waals surface area contributed by atoms with Gasteiger partial charge in [-0.3, -0.25) is 14.4 Å². The predicted molar refractivity (Wildman–Crippen MR) is 303 cm³/mol. The van der Waals surface area contributed by atoms with Crippen molar-refractivity contribution < 1.29 is 58.2 Å². The highest BCUT2D eigenvalue weighted by Crippen LogP contribution is 2.26. The molecule has 3 N–H and O–H groups in total. The summed E-state index contributed by atoms with van der Waals surface area (Å²) >= 11 is 0. The summed E-state index contributed by atoms with van der Waals surface area (Å²) in [4.78, 5) is 51.0. The average molecular weight is 1050 g/mol. The van der Waals surface area contributed by atoms with Gasteiger partial charge in [-0.2, -0.15) is 0 Å². The molecule has 0 aliphatic carbocycles. The minimum Gasteiger partial charge on any atom is -0.479 e. The van der Waals surface area contributed by atoms with Crippen LogP contribution in [0.1, 0.15) is 201 Å². The van der Waals surface area contributed by atoms with Crippen LogP contribution in [-0.2, 0) is 42.9 Å². The van der Waals surface area contributed by atoms with Crippen LogP contribution in [0.4, 0.5) is 0 Å². The Balaban J connectivity index is 2.77. The molecular weight excluding hydrogens is 949 g/mol. The van der Waals surface area contributed by atoms with Gasteiger partial charge in [0.1, 0.15) is 18.8 Å². The number of esters is 3. The van der Waals surface area contributed by atoms with Crippen molar-refractivity contribution in [3.05, 3.63) is 122 Å². The fourth-order valence-corrected chi connectivity index (χ4v) is 7.72. The predicted octanol–water partition coefficient (Wildman–Crippen LogP) is 14.4. The Morgan fingerprint density at radius 2 is 0.880 bits per heavy atom. The van der Waals surface area contributed by atoms with Crippen molar-refractivity contribution in [3.63, 3.8) is 0 Å². The number of carboxylic acid groups (broad SMARTS) is 1. The van der Waals surface area contributed by atoms with Gasteiger partial charge < -0.3 is 39.0 Å². The van der Waals surface area contributed by atoms with Crippen molar-refractivity contribution in [3.8, 4) is 0 Å². The van der Waals surface area contributed by atoms with Gasteiger partial charge in [0, 0.05) is 12.8 Å². The second-order valence-corrected chi connectivity index (χ2v) is 18.8. The molecule has 1 fully saturated rings. The highest BCUT2D eigenvalue weighted by molar-refractivity contribution is 5.74. The van der Waals surface area contributed by atoms with Gasteiger partial charge in [-0.25, -0.2) is 4.79 Å². The number of aliphatic carboxylic acids is 1. The lowest BCUT2D eigenvalue weighted by Crippen LogP contribution is -2.61. The summed E-state index contributed by atoms with van der Waals surface area (Å²) < 4.78 is 28.2. The van der Waals surface area contributed by atoms with Gasteiger partial charge in [0.2, 0.25) is 0 Å². The number of aliphatic hydroxyl groups excluding tert-OH is 2. The largest absolute Gasteiger partial charge is 0.479 e. The molecule has 75 heavy (non-hydrogen) atoms. The quantitative estimate of drug-likeness (QED) is 0.0228. The summed E-state index contributed by atoms with van der Waals surface area (Å²) in [6, 6.07) is 0. The summed E-state index contributed by atoms with van der Waals surface area (Å²) in [5, 5.41) is 31.4. The highest BCUT2D eigenvalue weighted by Gasteiger charge is 2.50. The summed E-state index contributed by atoms with van der Waals surface area (Å²) in [5.74, 6) is -3.35. The van der Waals surface area contributed by atoms with Gasteiger partial charge in [0.25, 0.3) is 0 Å². The molecule has 1 heterocycles. The van der Waals surface area contributed by atoms with Gasteiger partial charge in [0.15, 0.2) is 24.6 Å². The molecule has 0 bridgehead atoms. The Kier molecular flexibility index (Phi) is 45.4. The summed E-state index contributed by atoms with van der Waals surface area (Å²) in [6.07, 6.45) is 56.3. The van der Waals surface area contributed by atoms with Crippen LogP contribution in [0, 0.1) is 0 Å². The topological polar surface area (TPSA) is 175 Å². The second-order valence-electron chi connectivity index (χ2n) is 18.8. The number of rotatable bonds is 46. The van der Waals surface area contributed by atoms with E-state index in [0.717, 1.165) is 103 Å². The Labute approximate surface area is 452 Å². The molecular formula is C63H98O12. The fourth-order valence-electron chi connectivity index (χ4n) is 7.72. The van der Waals surface area contributed by atoms with E-state index in [-0.39, 0.29) is 25.9 Å². The number of carbonyl (C=O) groups excluding carboxylic acids is 3. The van der Waals surface area contributed by atoms with E-state index in [1.807, 2.05) is 12.2 Å². The van der Waals surface area contributed by atoms with Gasteiger partial charge in [0.05, 0.1) is 13.0 Å². The number of carboxylic acids is 1. The first-order valence-corrected chi connectivity index (χ1v) is 28.5. The number of hydrogen-bond acceptors (Lipinski definition) is 11. The SMILES string of the molecule is CC/C=C\C/C=C\C/C=C\C/C=C\C/C=C\CC(=O)OC1C(OCC(COC(=O)CCCCCCCCC/C=C\C/C=C\CCCCC)OC(=O)CCCCC/C=C\C/C=C\C/C=C\CC)OC(C(=O)O)C(O)C1O. The van der Waals surface area contributed by atoms with Crippen LogP contribution in [0.25, 0.3) is 0 Å². The van der Waals surface area contributed by atoms with Gasteiger partial charge in [-0.05, 0) is 109 Å². The maximum Gasteiger partial charge on any atom is 0.335 e. The summed E-state index contributed by atoms with van der Waals surface area (Å²) in [5.41, 5.74) is 0. The molecule has 0 aromatic rings. The van der Waals surface area contributed by atoms with E-state index in [1.165, 1.54) is 38.5 Å². The molecule has 1 aliphatic heterocycles. The van der Waals surface area contributed by atoms with E-state index in [1.54, 1.807) is 12.2 Å². The molecule has 0 radical (unpaired) electrons. The molecule has 0 aromatic carbocycles. The number of carbonyl (C=O) groups is 4. The first-order valence-electron chi connectivity index (χ1n) is 28.5. The molecule has 6 atom stereocenters. The Hall–Kier alpha value is -4.88. The van der Waals surface area contributed by atoms with Crippen LogP contribution in [0.2, 0.25) is 0 Å². The van der Waals surface area contributed by atoms with Crippen LogP contribution >= 0.6 is 0 Å². The molecule has 0 saturated carbocycles. The van der Waals surface area contributed by atoms with Crippen molar-refractivity contribution in [2.24, 2.45) is 0 Å². The smallest absolute Gasteiger partial charge is 0.335 e. The number of unbranched alkanes of at least 4 members (excludes halogenated alkanes) is 13. The van der Waals surface area contributed by atoms with Crippen LogP contribution in [0.5, 0.6) is 0 Å². The first-order chi connectivity index (χ1) is 36.6. The van der Waals surface area contributed by atoms with Crippen LogP contribution < -0.4 is 0 Å². The van der Waals surface area contributed by atoms with E-state index in [0.29, 0.717) is 19.3 Å². The molecule has 422 valence electrons. The lowest BCUT2D eigenvalue weighted by atomic mass is 9.98. The van der Waals surface area contributed by atoms with Crippen molar-refractivity contribution in [1.29, 1.82) is 0 Å². The zero-order chi connectivity index (χ0) is 54.7. The van der Waals surface area contributed by atoms with Crippen LogP contribution in [0.3, 0.4) is 0 Å². The molecule has 12 heteroatoms. The Bertz CT molecular complexity index is 1770. The Morgan fingerprint density at radius 3 is 1.36 bits per heavy atom. The van der Waals surface area contributed by atoms with Crippen LogP contribution in [0.15, 0.2) is 122 Å². The third kappa shape index (κ3) is 40.1. The standard InChI is InChI=1S/C63H98O12/c1-4-7-10-13-16-19-22-25-27-28-30-32-34-37-40-43-46-49-55(64)71-52-54(73-56(65)50-47-44-41-38-35-31-24-21-18-15-12-9-6-3)53-72-63-61(59(68)58(67)60(75-63)62(69)70)74-57(66)51-48-45-42-39-36-33-29-26-23-20-17-14-11-8-5-2/h8-9,11-12,16-21,25-27,29,31,35-36,39,45,48,54,58-61,63,67-68H,4-7,10,13-15,22-24,28,30,32-34,37-38,40-44,46-47,49-53H2,1-3H3,(H,69,70)/b11-8-,12-9-,19-16-,20-17-,21-18-,27-25-,29-26-,35-31-,39-36-,48-45-. The highest BCUT2D eigenvalue weighted by atomic mass is 16.7. The normalized spacial score (nSPS) is 19.1. The maximum absolute atomic E-state index is 13.1. The average Bonchev–Trinajstić information content (AvgIpc) is 3.39. The number of allylic oxidation sites excluding steroid dienone is 19. The fraction of sp³-hybridized carbons (Fsp3) is 0.619. The van der Waals surface area contributed by atoms with Gasteiger partial charge in [-0.15, -0.1) is 0 Å². The molecule has 1 rings (SSSR count). The van der Waals surface area contributed by atoms with Crippen molar-refractivity contribution in [2.45, 2.75) is 237 Å². The van der Waals surface area contributed by atoms with Gasteiger partial charge >= 0.3 is 23.9 Å². The number of ether oxygens (including phenoxy) is 5. The zero-order valence-corrected chi connectivity index (χ0v) is 46.2. The van der Waals surface area contributed by atoms with E-state index >= 15 is 0 Å². The van der Waals surface area contributed by atoms with E-state index < -0.39 is 67.3 Å². The minimum atomic E-state index is -1.95. The zero-order valence-electron chi connectivity index (χ0n) is 46.2. The third-order valence-corrected chi connectivity index (χ3v) is 12.0.